The van der Waals surface area contributed by atoms with Crippen LogP contribution in [-0.4, -0.2) is 16.1 Å². The predicted octanol–water partition coefficient (Wildman–Crippen LogP) is 2.10. The summed E-state index contributed by atoms with van der Waals surface area (Å²) in [5, 5.41) is 21.2. The zero-order chi connectivity index (χ0) is 14.5. The van der Waals surface area contributed by atoms with Crippen molar-refractivity contribution in [2.75, 3.05) is 0 Å². The van der Waals surface area contributed by atoms with Crippen molar-refractivity contribution in [3.8, 4) is 11.5 Å². The zero-order valence-electron chi connectivity index (χ0n) is 10.6. The van der Waals surface area contributed by atoms with E-state index in [1.165, 1.54) is 24.3 Å². The van der Waals surface area contributed by atoms with Crippen LogP contribution in [0.1, 0.15) is 11.1 Å². The van der Waals surface area contributed by atoms with Crippen LogP contribution >= 0.6 is 0 Å². The third-order valence-corrected chi connectivity index (χ3v) is 2.81. The summed E-state index contributed by atoms with van der Waals surface area (Å²) in [6.45, 7) is 0.309. The van der Waals surface area contributed by atoms with Gasteiger partial charge in [-0.15, -0.1) is 0 Å². The largest absolute Gasteiger partial charge is 0.504 e. The highest BCUT2D eigenvalue weighted by atomic mass is 19.1. The minimum atomic E-state index is -0.320. The van der Waals surface area contributed by atoms with Gasteiger partial charge < -0.3 is 15.5 Å². The van der Waals surface area contributed by atoms with E-state index < -0.39 is 0 Å². The molecule has 0 unspecified atom stereocenters. The fourth-order valence-electron chi connectivity index (χ4n) is 1.73. The molecule has 4 nitrogen and oxygen atoms in total. The second kappa shape index (κ2) is 6.06. The maximum atomic E-state index is 12.7. The number of benzene rings is 2. The van der Waals surface area contributed by atoms with Gasteiger partial charge >= 0.3 is 0 Å². The quantitative estimate of drug-likeness (QED) is 0.748. The van der Waals surface area contributed by atoms with Crippen LogP contribution in [0.5, 0.6) is 11.5 Å². The summed E-state index contributed by atoms with van der Waals surface area (Å²) in [5.74, 6) is -1.02. The molecule has 104 valence electrons. The van der Waals surface area contributed by atoms with Crippen LogP contribution in [0.4, 0.5) is 4.39 Å². The molecule has 1 amide bonds. The molecule has 0 saturated carbocycles. The van der Waals surface area contributed by atoms with Crippen LogP contribution in [0.25, 0.3) is 0 Å². The van der Waals surface area contributed by atoms with Gasteiger partial charge in [0.25, 0.3) is 0 Å². The van der Waals surface area contributed by atoms with Crippen LogP contribution in [-0.2, 0) is 17.8 Å². The summed E-state index contributed by atoms with van der Waals surface area (Å²) in [6.07, 6.45) is 0.0923. The van der Waals surface area contributed by atoms with Gasteiger partial charge in [-0.25, -0.2) is 4.39 Å². The molecule has 3 N–H and O–H groups in total. The molecule has 0 radical (unpaired) electrons. The lowest BCUT2D eigenvalue weighted by atomic mass is 10.1. The van der Waals surface area contributed by atoms with Gasteiger partial charge in [0.15, 0.2) is 11.5 Å². The summed E-state index contributed by atoms with van der Waals surface area (Å²) in [7, 11) is 0. The SMILES string of the molecule is O=C(Cc1ccc(O)c(O)c1)NCc1ccc(F)cc1. The second-order valence-corrected chi connectivity index (χ2v) is 4.40. The molecule has 0 spiro atoms. The maximum Gasteiger partial charge on any atom is 0.224 e. The van der Waals surface area contributed by atoms with Crippen molar-refractivity contribution in [3.63, 3.8) is 0 Å². The van der Waals surface area contributed by atoms with Crippen LogP contribution in [0.15, 0.2) is 42.5 Å². The molecule has 0 saturated heterocycles. The molecule has 0 bridgehead atoms. The van der Waals surface area contributed by atoms with E-state index in [0.717, 1.165) is 5.56 Å². The first-order chi connectivity index (χ1) is 9.54. The average Bonchev–Trinajstić information content (AvgIpc) is 2.42. The predicted molar refractivity (Wildman–Crippen MR) is 71.7 cm³/mol. The number of carbonyl (C=O) groups is 1. The van der Waals surface area contributed by atoms with Crippen molar-refractivity contribution in [1.82, 2.24) is 5.32 Å². The molecule has 0 aliphatic carbocycles. The van der Waals surface area contributed by atoms with Crippen molar-refractivity contribution in [3.05, 3.63) is 59.4 Å². The number of hydrogen-bond acceptors (Lipinski definition) is 3. The van der Waals surface area contributed by atoms with Crippen molar-refractivity contribution in [2.24, 2.45) is 0 Å². The Hall–Kier alpha value is -2.56. The number of nitrogens with one attached hydrogen (secondary N) is 1. The Labute approximate surface area is 115 Å². The molecule has 0 aliphatic rings. The van der Waals surface area contributed by atoms with Crippen LogP contribution in [0, 0.1) is 5.82 Å². The number of phenolic OH excluding ortho intramolecular Hbond substituents is 2. The molecule has 0 aromatic heterocycles. The van der Waals surface area contributed by atoms with E-state index in [2.05, 4.69) is 5.32 Å². The summed E-state index contributed by atoms with van der Waals surface area (Å²) in [5.41, 5.74) is 1.39. The minimum Gasteiger partial charge on any atom is -0.504 e. The van der Waals surface area contributed by atoms with Gasteiger partial charge in [-0.3, -0.25) is 4.79 Å². The van der Waals surface area contributed by atoms with Crippen molar-refractivity contribution >= 4 is 5.91 Å². The Morgan fingerprint density at radius 2 is 1.65 bits per heavy atom. The Morgan fingerprint density at radius 1 is 1.00 bits per heavy atom. The Kier molecular flexibility index (Phi) is 4.20. The number of aromatic hydroxyl groups is 2. The summed E-state index contributed by atoms with van der Waals surface area (Å²) < 4.78 is 12.7. The van der Waals surface area contributed by atoms with Gasteiger partial charge in [-0.1, -0.05) is 18.2 Å². The number of hydrogen-bond donors (Lipinski definition) is 3. The van der Waals surface area contributed by atoms with Crippen molar-refractivity contribution in [2.45, 2.75) is 13.0 Å². The Morgan fingerprint density at radius 3 is 2.30 bits per heavy atom. The van der Waals surface area contributed by atoms with E-state index in [4.69, 9.17) is 0 Å². The fraction of sp³-hybridized carbons (Fsp3) is 0.133. The fourth-order valence-corrected chi connectivity index (χ4v) is 1.73. The Balaban J connectivity index is 1.89. The lowest BCUT2D eigenvalue weighted by Gasteiger charge is -2.06. The monoisotopic (exact) mass is 275 g/mol. The van der Waals surface area contributed by atoms with Crippen LogP contribution in [0.2, 0.25) is 0 Å². The highest BCUT2D eigenvalue weighted by molar-refractivity contribution is 5.78. The topological polar surface area (TPSA) is 69.6 Å². The van der Waals surface area contributed by atoms with E-state index >= 15 is 0 Å². The third kappa shape index (κ3) is 3.71. The van der Waals surface area contributed by atoms with E-state index in [1.54, 1.807) is 18.2 Å². The van der Waals surface area contributed by atoms with E-state index in [-0.39, 0.29) is 29.6 Å². The molecular weight excluding hydrogens is 261 g/mol. The number of amides is 1. The standard InChI is InChI=1S/C15H14FNO3/c16-12-4-1-10(2-5-12)9-17-15(20)8-11-3-6-13(18)14(19)7-11/h1-7,18-19H,8-9H2,(H,17,20). The van der Waals surface area contributed by atoms with Gasteiger partial charge in [-0.2, -0.15) is 0 Å². The molecule has 20 heavy (non-hydrogen) atoms. The van der Waals surface area contributed by atoms with Gasteiger partial charge in [0, 0.05) is 6.54 Å². The molecule has 5 heteroatoms. The first-order valence-electron chi connectivity index (χ1n) is 6.06. The molecule has 0 heterocycles. The molecule has 2 aromatic rings. The molecule has 2 aromatic carbocycles. The number of halogens is 1. The molecule has 0 atom stereocenters. The maximum absolute atomic E-state index is 12.7. The number of phenols is 2. The van der Waals surface area contributed by atoms with Crippen molar-refractivity contribution in [1.29, 1.82) is 0 Å². The Bertz CT molecular complexity index is 611. The van der Waals surface area contributed by atoms with Gasteiger partial charge in [-0.05, 0) is 35.4 Å². The second-order valence-electron chi connectivity index (χ2n) is 4.40. The first-order valence-corrected chi connectivity index (χ1v) is 6.06. The zero-order valence-corrected chi connectivity index (χ0v) is 10.6. The van der Waals surface area contributed by atoms with Crippen LogP contribution in [0.3, 0.4) is 0 Å². The summed E-state index contributed by atoms with van der Waals surface area (Å²) in [4.78, 5) is 11.7. The highest BCUT2D eigenvalue weighted by Gasteiger charge is 2.06. The van der Waals surface area contributed by atoms with E-state index in [1.807, 2.05) is 0 Å². The molecule has 0 fully saturated rings. The summed E-state index contributed by atoms with van der Waals surface area (Å²) >= 11 is 0. The first kappa shape index (κ1) is 13.9. The lowest BCUT2D eigenvalue weighted by Crippen LogP contribution is -2.24. The minimum absolute atomic E-state index is 0.0923. The number of carbonyl (C=O) groups excluding carboxylic acids is 1. The van der Waals surface area contributed by atoms with Crippen molar-refractivity contribution < 1.29 is 19.4 Å². The van der Waals surface area contributed by atoms with E-state index in [9.17, 15) is 19.4 Å². The normalized spacial score (nSPS) is 10.2. The van der Waals surface area contributed by atoms with Crippen LogP contribution < -0.4 is 5.32 Å². The van der Waals surface area contributed by atoms with Gasteiger partial charge in [0.2, 0.25) is 5.91 Å². The highest BCUT2D eigenvalue weighted by Crippen LogP contribution is 2.24. The smallest absolute Gasteiger partial charge is 0.224 e. The molecule has 2 rings (SSSR count). The third-order valence-electron chi connectivity index (χ3n) is 2.81. The van der Waals surface area contributed by atoms with E-state index in [0.29, 0.717) is 12.1 Å². The van der Waals surface area contributed by atoms with Gasteiger partial charge in [0.1, 0.15) is 5.82 Å². The lowest BCUT2D eigenvalue weighted by molar-refractivity contribution is -0.120. The molecular formula is C15H14FNO3. The average molecular weight is 275 g/mol. The molecule has 0 aliphatic heterocycles. The van der Waals surface area contributed by atoms with Gasteiger partial charge in [0.05, 0.1) is 6.42 Å². The summed E-state index contributed by atoms with van der Waals surface area (Å²) in [6, 6.07) is 10.1. The number of rotatable bonds is 4.